The molecule has 1 aromatic heterocycles. The van der Waals surface area contributed by atoms with Crippen molar-refractivity contribution >= 4 is 0 Å². The number of rotatable bonds is 3. The van der Waals surface area contributed by atoms with Gasteiger partial charge in [0.15, 0.2) is 0 Å². The van der Waals surface area contributed by atoms with E-state index in [1.807, 2.05) is 25.1 Å². The van der Waals surface area contributed by atoms with E-state index >= 15 is 0 Å². The molecule has 0 amide bonds. The van der Waals surface area contributed by atoms with Crippen LogP contribution in [-0.4, -0.2) is 11.5 Å². The number of hydrogen-bond acceptors (Lipinski definition) is 3. The molecule has 0 bridgehead atoms. The Kier molecular flexibility index (Phi) is 3.24. The van der Waals surface area contributed by atoms with Crippen molar-refractivity contribution < 1.29 is 0 Å². The van der Waals surface area contributed by atoms with E-state index in [1.165, 1.54) is 0 Å². The number of nitriles is 1. The van der Waals surface area contributed by atoms with Crippen molar-refractivity contribution in [2.45, 2.75) is 13.0 Å². The second-order valence-corrected chi connectivity index (χ2v) is 2.54. The normalized spacial score (nSPS) is 12.0. The molecule has 1 atom stereocenters. The van der Waals surface area contributed by atoms with Gasteiger partial charge in [-0.25, -0.2) is 0 Å². The Bertz CT molecular complexity index is 263. The predicted octanol–water partition coefficient (Wildman–Crippen LogP) is 1.26. The quantitative estimate of drug-likeness (QED) is 0.679. The highest BCUT2D eigenvalue weighted by Gasteiger charge is 2.01. The molecule has 0 aliphatic carbocycles. The second kappa shape index (κ2) is 4.47. The number of aromatic nitrogens is 1. The Morgan fingerprint density at radius 1 is 1.58 bits per heavy atom. The van der Waals surface area contributed by atoms with Crippen LogP contribution in [0, 0.1) is 11.3 Å². The molecule has 12 heavy (non-hydrogen) atoms. The third-order valence-electron chi connectivity index (χ3n) is 1.69. The van der Waals surface area contributed by atoms with Gasteiger partial charge in [0.1, 0.15) is 0 Å². The minimum atomic E-state index is 0.215. The SMILES string of the molecule is C[C@@H](NCC#N)c1ccncc1. The van der Waals surface area contributed by atoms with E-state index in [0.29, 0.717) is 6.54 Å². The van der Waals surface area contributed by atoms with Crippen molar-refractivity contribution in [3.63, 3.8) is 0 Å². The Morgan fingerprint density at radius 3 is 2.83 bits per heavy atom. The molecular formula is C9H11N3. The molecule has 62 valence electrons. The fraction of sp³-hybridized carbons (Fsp3) is 0.333. The van der Waals surface area contributed by atoms with Crippen LogP contribution in [0.15, 0.2) is 24.5 Å². The van der Waals surface area contributed by atoms with Gasteiger partial charge in [-0.15, -0.1) is 0 Å². The van der Waals surface area contributed by atoms with Crippen molar-refractivity contribution in [3.05, 3.63) is 30.1 Å². The van der Waals surface area contributed by atoms with E-state index in [0.717, 1.165) is 5.56 Å². The highest BCUT2D eigenvalue weighted by Crippen LogP contribution is 2.08. The number of pyridine rings is 1. The lowest BCUT2D eigenvalue weighted by Gasteiger charge is -2.10. The lowest BCUT2D eigenvalue weighted by molar-refractivity contribution is 0.620. The highest BCUT2D eigenvalue weighted by molar-refractivity contribution is 5.14. The molecule has 0 fully saturated rings. The van der Waals surface area contributed by atoms with Gasteiger partial charge >= 0.3 is 0 Å². The summed E-state index contributed by atoms with van der Waals surface area (Å²) in [6, 6.07) is 6.14. The van der Waals surface area contributed by atoms with Crippen molar-refractivity contribution in [3.8, 4) is 6.07 Å². The summed E-state index contributed by atoms with van der Waals surface area (Å²) >= 11 is 0. The van der Waals surface area contributed by atoms with Crippen molar-refractivity contribution in [1.82, 2.24) is 10.3 Å². The lowest BCUT2D eigenvalue weighted by Crippen LogP contribution is -2.18. The molecule has 1 rings (SSSR count). The molecule has 1 aromatic rings. The first kappa shape index (κ1) is 8.69. The van der Waals surface area contributed by atoms with E-state index in [-0.39, 0.29) is 6.04 Å². The van der Waals surface area contributed by atoms with Gasteiger partial charge in [-0.3, -0.25) is 10.3 Å². The molecule has 0 spiro atoms. The molecule has 0 saturated heterocycles. The maximum absolute atomic E-state index is 8.34. The first-order valence-corrected chi connectivity index (χ1v) is 3.85. The Balaban J connectivity index is 2.55. The highest BCUT2D eigenvalue weighted by atomic mass is 14.9. The van der Waals surface area contributed by atoms with Crippen LogP contribution < -0.4 is 5.32 Å². The summed E-state index contributed by atoms with van der Waals surface area (Å²) in [6.45, 7) is 2.40. The summed E-state index contributed by atoms with van der Waals surface area (Å²) in [5, 5.41) is 11.4. The predicted molar refractivity (Wildman–Crippen MR) is 46.3 cm³/mol. The van der Waals surface area contributed by atoms with Gasteiger partial charge in [0, 0.05) is 18.4 Å². The Labute approximate surface area is 72.1 Å². The van der Waals surface area contributed by atoms with E-state index in [4.69, 9.17) is 5.26 Å². The van der Waals surface area contributed by atoms with E-state index in [1.54, 1.807) is 12.4 Å². The third-order valence-corrected chi connectivity index (χ3v) is 1.69. The van der Waals surface area contributed by atoms with Crippen LogP contribution in [0.2, 0.25) is 0 Å². The summed E-state index contributed by atoms with van der Waals surface area (Å²) < 4.78 is 0. The fourth-order valence-corrected chi connectivity index (χ4v) is 0.969. The fourth-order valence-electron chi connectivity index (χ4n) is 0.969. The average molecular weight is 161 g/mol. The van der Waals surface area contributed by atoms with Crippen LogP contribution in [0.1, 0.15) is 18.5 Å². The van der Waals surface area contributed by atoms with E-state index in [9.17, 15) is 0 Å². The van der Waals surface area contributed by atoms with Gasteiger partial charge < -0.3 is 0 Å². The zero-order chi connectivity index (χ0) is 8.81. The van der Waals surface area contributed by atoms with Gasteiger partial charge in [-0.2, -0.15) is 5.26 Å². The summed E-state index contributed by atoms with van der Waals surface area (Å²) in [4.78, 5) is 3.92. The first-order chi connectivity index (χ1) is 5.84. The molecular weight excluding hydrogens is 150 g/mol. The Hall–Kier alpha value is -1.40. The summed E-state index contributed by atoms with van der Waals surface area (Å²) in [5.41, 5.74) is 1.15. The first-order valence-electron chi connectivity index (χ1n) is 3.85. The minimum Gasteiger partial charge on any atom is -0.298 e. The molecule has 1 heterocycles. The summed E-state index contributed by atoms with van der Waals surface area (Å²) in [7, 11) is 0. The maximum atomic E-state index is 8.34. The van der Waals surface area contributed by atoms with Gasteiger partial charge in [0.2, 0.25) is 0 Å². The summed E-state index contributed by atoms with van der Waals surface area (Å²) in [6.07, 6.45) is 3.50. The van der Waals surface area contributed by atoms with Crippen LogP contribution in [0.25, 0.3) is 0 Å². The monoisotopic (exact) mass is 161 g/mol. The van der Waals surface area contributed by atoms with Crippen molar-refractivity contribution in [2.24, 2.45) is 0 Å². The largest absolute Gasteiger partial charge is 0.298 e. The van der Waals surface area contributed by atoms with Gasteiger partial charge in [0.25, 0.3) is 0 Å². The van der Waals surface area contributed by atoms with Gasteiger partial charge in [-0.05, 0) is 24.6 Å². The zero-order valence-electron chi connectivity index (χ0n) is 6.99. The van der Waals surface area contributed by atoms with E-state index < -0.39 is 0 Å². The van der Waals surface area contributed by atoms with Crippen LogP contribution in [-0.2, 0) is 0 Å². The Morgan fingerprint density at radius 2 is 2.25 bits per heavy atom. The van der Waals surface area contributed by atoms with Crippen LogP contribution >= 0.6 is 0 Å². The minimum absolute atomic E-state index is 0.215. The average Bonchev–Trinajstić information content (AvgIpc) is 2.15. The third kappa shape index (κ3) is 2.33. The summed E-state index contributed by atoms with van der Waals surface area (Å²) in [5.74, 6) is 0. The van der Waals surface area contributed by atoms with Crippen molar-refractivity contribution in [1.29, 1.82) is 5.26 Å². The molecule has 3 nitrogen and oxygen atoms in total. The van der Waals surface area contributed by atoms with Crippen LogP contribution in [0.4, 0.5) is 0 Å². The molecule has 0 unspecified atom stereocenters. The van der Waals surface area contributed by atoms with Crippen molar-refractivity contribution in [2.75, 3.05) is 6.54 Å². The van der Waals surface area contributed by atoms with Gasteiger partial charge in [0.05, 0.1) is 12.6 Å². The standard InChI is InChI=1S/C9H11N3/c1-8(12-7-4-10)9-2-5-11-6-3-9/h2-3,5-6,8,12H,7H2,1H3/t8-/m1/s1. The molecule has 3 heteroatoms. The molecule has 0 aliphatic heterocycles. The number of nitrogens with one attached hydrogen (secondary N) is 1. The molecule has 0 aliphatic rings. The van der Waals surface area contributed by atoms with Crippen LogP contribution in [0.5, 0.6) is 0 Å². The second-order valence-electron chi connectivity index (χ2n) is 2.54. The topological polar surface area (TPSA) is 48.7 Å². The molecule has 0 aromatic carbocycles. The zero-order valence-corrected chi connectivity index (χ0v) is 6.99. The number of nitrogens with zero attached hydrogens (tertiary/aromatic N) is 2. The molecule has 1 N–H and O–H groups in total. The molecule has 0 saturated carbocycles. The van der Waals surface area contributed by atoms with Gasteiger partial charge in [-0.1, -0.05) is 0 Å². The maximum Gasteiger partial charge on any atom is 0.0845 e. The smallest absolute Gasteiger partial charge is 0.0845 e. The van der Waals surface area contributed by atoms with E-state index in [2.05, 4.69) is 10.3 Å². The molecule has 0 radical (unpaired) electrons. The lowest BCUT2D eigenvalue weighted by atomic mass is 10.1. The van der Waals surface area contributed by atoms with Crippen LogP contribution in [0.3, 0.4) is 0 Å². The number of hydrogen-bond donors (Lipinski definition) is 1.